The van der Waals surface area contributed by atoms with Crippen LogP contribution in [0.1, 0.15) is 42.0 Å². The fraction of sp³-hybridized carbons (Fsp3) is 0.400. The monoisotopic (exact) mass is 431 g/mol. The van der Waals surface area contributed by atoms with Gasteiger partial charge in [0.25, 0.3) is 0 Å². The normalized spacial score (nSPS) is 16.7. The fourth-order valence-electron chi connectivity index (χ4n) is 4.62. The van der Waals surface area contributed by atoms with Crippen LogP contribution in [0.25, 0.3) is 0 Å². The Morgan fingerprint density at radius 2 is 1.84 bits per heavy atom. The van der Waals surface area contributed by atoms with Crippen molar-refractivity contribution >= 4 is 23.2 Å². The lowest BCUT2D eigenvalue weighted by Crippen LogP contribution is -2.43. The summed E-state index contributed by atoms with van der Waals surface area (Å²) in [7, 11) is 2.11. The number of para-hydroxylation sites is 1. The minimum atomic E-state index is -0.763. The molecule has 2 heterocycles. The summed E-state index contributed by atoms with van der Waals surface area (Å²) in [5.41, 5.74) is 4.44. The lowest BCUT2D eigenvalue weighted by molar-refractivity contribution is -0.136. The van der Waals surface area contributed by atoms with E-state index in [9.17, 15) is 14.9 Å². The van der Waals surface area contributed by atoms with E-state index < -0.39 is 11.8 Å². The highest BCUT2D eigenvalue weighted by molar-refractivity contribution is 6.39. The molecule has 2 N–H and O–H groups in total. The Hall–Kier alpha value is -3.37. The molecule has 0 unspecified atom stereocenters. The smallest absolute Gasteiger partial charge is 0.313 e. The van der Waals surface area contributed by atoms with Crippen molar-refractivity contribution in [3.05, 3.63) is 59.2 Å². The highest BCUT2D eigenvalue weighted by Gasteiger charge is 2.26. The lowest BCUT2D eigenvalue weighted by atomic mass is 9.98. The number of carbonyl (C=O) groups excluding carboxylic acids is 2. The molecule has 4 rings (SSSR count). The molecule has 2 aromatic rings. The van der Waals surface area contributed by atoms with Crippen LogP contribution in [-0.2, 0) is 16.0 Å². The number of carbonyl (C=O) groups is 2. The highest BCUT2D eigenvalue weighted by Crippen LogP contribution is 2.32. The molecular formula is C25H29N5O2. The number of nitrogens with one attached hydrogen (secondary N) is 2. The predicted octanol–water partition coefficient (Wildman–Crippen LogP) is 2.83. The maximum atomic E-state index is 12.6. The second-order valence-electron chi connectivity index (χ2n) is 8.49. The van der Waals surface area contributed by atoms with Gasteiger partial charge < -0.3 is 15.5 Å². The van der Waals surface area contributed by atoms with E-state index >= 15 is 0 Å². The number of piperidine rings is 1. The van der Waals surface area contributed by atoms with Crippen LogP contribution in [0.5, 0.6) is 0 Å². The van der Waals surface area contributed by atoms with E-state index in [1.807, 2.05) is 6.07 Å². The number of fused-ring (bicyclic) bond motifs is 1. The Morgan fingerprint density at radius 1 is 1.06 bits per heavy atom. The second kappa shape index (κ2) is 9.84. The predicted molar refractivity (Wildman–Crippen MR) is 124 cm³/mol. The molecule has 166 valence electrons. The van der Waals surface area contributed by atoms with Gasteiger partial charge in [0, 0.05) is 25.8 Å². The van der Waals surface area contributed by atoms with E-state index in [2.05, 4.69) is 45.7 Å². The number of hydrogen-bond donors (Lipinski definition) is 2. The van der Waals surface area contributed by atoms with Gasteiger partial charge in [0.05, 0.1) is 17.3 Å². The van der Waals surface area contributed by atoms with E-state index in [1.165, 1.54) is 23.2 Å². The van der Waals surface area contributed by atoms with Gasteiger partial charge in [0.15, 0.2) is 0 Å². The van der Waals surface area contributed by atoms with E-state index in [0.29, 0.717) is 17.8 Å². The second-order valence-corrected chi connectivity index (χ2v) is 8.49. The van der Waals surface area contributed by atoms with Crippen LogP contribution < -0.4 is 15.5 Å². The first-order chi connectivity index (χ1) is 15.6. The zero-order valence-electron chi connectivity index (χ0n) is 18.4. The summed E-state index contributed by atoms with van der Waals surface area (Å²) in [6.07, 6.45) is 4.54. The van der Waals surface area contributed by atoms with Crippen molar-refractivity contribution < 1.29 is 9.59 Å². The zero-order valence-corrected chi connectivity index (χ0v) is 18.4. The third kappa shape index (κ3) is 4.76. The molecule has 0 aliphatic carbocycles. The summed E-state index contributed by atoms with van der Waals surface area (Å²) in [5.74, 6) is -1.46. The van der Waals surface area contributed by atoms with Crippen LogP contribution in [-0.4, -0.2) is 49.9 Å². The summed E-state index contributed by atoms with van der Waals surface area (Å²) in [6, 6.07) is 15.3. The molecule has 1 atom stereocenters. The van der Waals surface area contributed by atoms with Crippen molar-refractivity contribution in [2.45, 2.75) is 31.7 Å². The van der Waals surface area contributed by atoms with Gasteiger partial charge in [-0.2, -0.15) is 5.26 Å². The van der Waals surface area contributed by atoms with Gasteiger partial charge in [-0.25, -0.2) is 0 Å². The maximum Gasteiger partial charge on any atom is 0.313 e. The number of nitriles is 1. The minimum Gasteiger partial charge on any atom is -0.374 e. The molecule has 2 aliphatic rings. The third-order valence-corrected chi connectivity index (χ3v) is 6.41. The summed E-state index contributed by atoms with van der Waals surface area (Å²) < 4.78 is 0. The largest absolute Gasteiger partial charge is 0.374 e. The van der Waals surface area contributed by atoms with Gasteiger partial charge in [-0.05, 0) is 61.7 Å². The number of anilines is 2. The molecule has 1 fully saturated rings. The molecule has 7 nitrogen and oxygen atoms in total. The number of likely N-dealkylation sites (tertiary alicyclic amines) is 1. The molecule has 0 bridgehead atoms. The first-order valence-electron chi connectivity index (χ1n) is 11.2. The van der Waals surface area contributed by atoms with Crippen LogP contribution in [0, 0.1) is 11.3 Å². The zero-order chi connectivity index (χ0) is 22.5. The Balaban J connectivity index is 1.46. The van der Waals surface area contributed by atoms with Gasteiger partial charge >= 0.3 is 11.8 Å². The molecule has 1 saturated heterocycles. The first kappa shape index (κ1) is 21.8. The van der Waals surface area contributed by atoms with Crippen LogP contribution in [0.4, 0.5) is 11.4 Å². The van der Waals surface area contributed by atoms with E-state index in [1.54, 1.807) is 24.3 Å². The van der Waals surface area contributed by atoms with Crippen molar-refractivity contribution in [2.24, 2.45) is 0 Å². The molecule has 0 spiro atoms. The number of rotatable bonds is 5. The van der Waals surface area contributed by atoms with Gasteiger partial charge in [-0.15, -0.1) is 0 Å². The highest BCUT2D eigenvalue weighted by atomic mass is 16.2. The van der Waals surface area contributed by atoms with E-state index in [0.717, 1.165) is 38.9 Å². The third-order valence-electron chi connectivity index (χ3n) is 6.41. The van der Waals surface area contributed by atoms with Crippen LogP contribution in [0.3, 0.4) is 0 Å². The number of amides is 2. The molecule has 0 aromatic heterocycles. The molecule has 0 radical (unpaired) electrons. The summed E-state index contributed by atoms with van der Waals surface area (Å²) >= 11 is 0. The summed E-state index contributed by atoms with van der Waals surface area (Å²) in [6.45, 7) is 3.35. The number of benzene rings is 2. The minimum absolute atomic E-state index is 0.0228. The van der Waals surface area contributed by atoms with Gasteiger partial charge in [-0.3, -0.25) is 14.5 Å². The fourth-order valence-corrected chi connectivity index (χ4v) is 4.62. The Morgan fingerprint density at radius 3 is 2.62 bits per heavy atom. The molecule has 0 saturated carbocycles. The maximum absolute atomic E-state index is 12.6. The van der Waals surface area contributed by atoms with Crippen molar-refractivity contribution in [3.8, 4) is 6.07 Å². The molecule has 32 heavy (non-hydrogen) atoms. The van der Waals surface area contributed by atoms with Gasteiger partial charge in [0.1, 0.15) is 6.07 Å². The Labute approximate surface area is 189 Å². The number of hydrogen-bond acceptors (Lipinski definition) is 5. The Bertz CT molecular complexity index is 1040. The average molecular weight is 432 g/mol. The van der Waals surface area contributed by atoms with E-state index in [-0.39, 0.29) is 6.04 Å². The van der Waals surface area contributed by atoms with Crippen molar-refractivity contribution in [2.75, 3.05) is 43.4 Å². The van der Waals surface area contributed by atoms with E-state index in [4.69, 9.17) is 0 Å². The van der Waals surface area contributed by atoms with Gasteiger partial charge in [-0.1, -0.05) is 30.7 Å². The van der Waals surface area contributed by atoms with Crippen LogP contribution in [0.2, 0.25) is 0 Å². The molecule has 2 amide bonds. The van der Waals surface area contributed by atoms with Crippen LogP contribution in [0.15, 0.2) is 42.5 Å². The topological polar surface area (TPSA) is 88.5 Å². The molecular weight excluding hydrogens is 402 g/mol. The summed E-state index contributed by atoms with van der Waals surface area (Å²) in [4.78, 5) is 29.7. The van der Waals surface area contributed by atoms with Crippen LogP contribution >= 0.6 is 0 Å². The number of nitrogens with zero attached hydrogens (tertiary/aromatic N) is 3. The van der Waals surface area contributed by atoms with Crippen molar-refractivity contribution in [1.82, 2.24) is 10.2 Å². The summed E-state index contributed by atoms with van der Waals surface area (Å²) in [5, 5.41) is 14.6. The molecule has 2 aromatic carbocycles. The molecule has 7 heteroatoms. The van der Waals surface area contributed by atoms with Gasteiger partial charge in [0.2, 0.25) is 0 Å². The molecule has 2 aliphatic heterocycles. The Kier molecular flexibility index (Phi) is 6.72. The standard InChI is InChI=1S/C25H29N5O2/c1-29-14-11-19-15-18(9-10-22(19)29)23(30-12-5-2-6-13-30)17-27-24(31)25(32)28-21-8-4-3-7-20(21)16-26/h3-4,7-10,15,23H,2,5-6,11-14,17H2,1H3,(H,27,31)(H,28,32)/t23-/m1/s1. The SMILES string of the molecule is CN1CCc2cc([C@@H](CNC(=O)C(=O)Nc3ccccc3C#N)N3CCCCC3)ccc21. The quantitative estimate of drug-likeness (QED) is 0.711. The lowest BCUT2D eigenvalue weighted by Gasteiger charge is -2.35. The number of likely N-dealkylation sites (N-methyl/N-ethyl adjacent to an activating group) is 1. The first-order valence-corrected chi connectivity index (χ1v) is 11.2. The average Bonchev–Trinajstić information content (AvgIpc) is 3.20. The van der Waals surface area contributed by atoms with Crippen molar-refractivity contribution in [1.29, 1.82) is 5.26 Å². The van der Waals surface area contributed by atoms with Crippen molar-refractivity contribution in [3.63, 3.8) is 0 Å².